The molecule has 0 unspecified atom stereocenters. The summed E-state index contributed by atoms with van der Waals surface area (Å²) in [5, 5.41) is 10.4. The Kier molecular flexibility index (Phi) is 4.34. The van der Waals surface area contributed by atoms with Crippen LogP contribution in [-0.4, -0.2) is 5.11 Å². The van der Waals surface area contributed by atoms with Crippen LogP contribution in [0.4, 0.5) is 0 Å². The first-order valence-electron chi connectivity index (χ1n) is 6.03. The fourth-order valence-electron chi connectivity index (χ4n) is 2.59. The maximum atomic E-state index is 9.99. The Labute approximate surface area is 115 Å². The van der Waals surface area contributed by atoms with Gasteiger partial charge < -0.3 is 10.8 Å². The van der Waals surface area contributed by atoms with E-state index in [2.05, 4.69) is 15.9 Å². The zero-order valence-corrected chi connectivity index (χ0v) is 12.0. The maximum Gasteiger partial charge on any atom is 0.139 e. The van der Waals surface area contributed by atoms with Crippen molar-refractivity contribution in [2.75, 3.05) is 0 Å². The van der Waals surface area contributed by atoms with Gasteiger partial charge in [0.25, 0.3) is 0 Å². The Balaban J connectivity index is 2.26. The Morgan fingerprint density at radius 3 is 2.59 bits per heavy atom. The first-order chi connectivity index (χ1) is 8.09. The van der Waals surface area contributed by atoms with Gasteiger partial charge in [0.2, 0.25) is 0 Å². The van der Waals surface area contributed by atoms with Crippen molar-refractivity contribution in [1.82, 2.24) is 0 Å². The number of nitrogens with two attached hydrogens (primary N) is 1. The van der Waals surface area contributed by atoms with E-state index in [1.807, 2.05) is 6.07 Å². The van der Waals surface area contributed by atoms with Crippen molar-refractivity contribution >= 4 is 27.5 Å². The van der Waals surface area contributed by atoms with Gasteiger partial charge in [-0.2, -0.15) is 0 Å². The number of rotatable bonds is 2. The summed E-state index contributed by atoms with van der Waals surface area (Å²) in [6, 6.07) is 3.44. The van der Waals surface area contributed by atoms with E-state index in [9.17, 15) is 5.11 Å². The second kappa shape index (κ2) is 5.59. The van der Waals surface area contributed by atoms with Crippen molar-refractivity contribution in [3.05, 3.63) is 27.2 Å². The van der Waals surface area contributed by atoms with E-state index in [0.717, 1.165) is 22.9 Å². The molecule has 1 aliphatic rings. The zero-order valence-electron chi connectivity index (χ0n) is 9.63. The van der Waals surface area contributed by atoms with E-state index in [0.29, 0.717) is 10.9 Å². The van der Waals surface area contributed by atoms with Crippen molar-refractivity contribution in [3.63, 3.8) is 0 Å². The Morgan fingerprint density at radius 2 is 1.94 bits per heavy atom. The molecule has 1 atom stereocenters. The van der Waals surface area contributed by atoms with Crippen molar-refractivity contribution in [2.24, 2.45) is 11.7 Å². The summed E-state index contributed by atoms with van der Waals surface area (Å²) in [4.78, 5) is 0. The summed E-state index contributed by atoms with van der Waals surface area (Å²) < 4.78 is 0.863. The first kappa shape index (κ1) is 13.2. The van der Waals surface area contributed by atoms with Gasteiger partial charge in [-0.3, -0.25) is 0 Å². The molecule has 4 heteroatoms. The molecule has 1 aliphatic carbocycles. The normalized spacial score (nSPS) is 19.2. The Hall–Kier alpha value is -0.250. The largest absolute Gasteiger partial charge is 0.506 e. The molecule has 0 spiro atoms. The third kappa shape index (κ3) is 2.95. The standard InChI is InChI=1S/C13H17BrClNO/c14-9-6-10(13(17)11(15)7-9)12(16)8-4-2-1-3-5-8/h6-8,12,17H,1-5,16H2/t12-/m0/s1. The monoisotopic (exact) mass is 317 g/mol. The van der Waals surface area contributed by atoms with Crippen molar-refractivity contribution in [2.45, 2.75) is 38.1 Å². The van der Waals surface area contributed by atoms with E-state index in [1.54, 1.807) is 6.07 Å². The average Bonchev–Trinajstić information content (AvgIpc) is 2.34. The van der Waals surface area contributed by atoms with E-state index < -0.39 is 0 Å². The predicted octanol–water partition coefficient (Wildman–Crippen LogP) is 4.39. The minimum absolute atomic E-state index is 0.120. The van der Waals surface area contributed by atoms with E-state index in [-0.39, 0.29) is 11.8 Å². The lowest BCUT2D eigenvalue weighted by molar-refractivity contribution is 0.303. The lowest BCUT2D eigenvalue weighted by Crippen LogP contribution is -2.23. The molecular formula is C13H17BrClNO. The van der Waals surface area contributed by atoms with Gasteiger partial charge >= 0.3 is 0 Å². The van der Waals surface area contributed by atoms with Crippen LogP contribution in [-0.2, 0) is 0 Å². The summed E-state index contributed by atoms with van der Waals surface area (Å²) >= 11 is 9.35. The number of aromatic hydroxyl groups is 1. The Morgan fingerprint density at radius 1 is 1.29 bits per heavy atom. The highest BCUT2D eigenvalue weighted by molar-refractivity contribution is 9.10. The minimum atomic E-state index is -0.120. The summed E-state index contributed by atoms with van der Waals surface area (Å²) in [6.07, 6.45) is 6.06. The zero-order chi connectivity index (χ0) is 12.4. The molecular weight excluding hydrogens is 302 g/mol. The molecule has 0 saturated heterocycles. The molecule has 0 bridgehead atoms. The fourth-order valence-corrected chi connectivity index (χ4v) is 3.42. The molecule has 1 fully saturated rings. The summed E-state index contributed by atoms with van der Waals surface area (Å²) in [5.74, 6) is 0.591. The highest BCUT2D eigenvalue weighted by Gasteiger charge is 2.25. The van der Waals surface area contributed by atoms with E-state index >= 15 is 0 Å². The quantitative estimate of drug-likeness (QED) is 0.849. The first-order valence-corrected chi connectivity index (χ1v) is 7.20. The van der Waals surface area contributed by atoms with E-state index in [4.69, 9.17) is 17.3 Å². The van der Waals surface area contributed by atoms with Gasteiger partial charge in [0.1, 0.15) is 5.75 Å². The van der Waals surface area contributed by atoms with Crippen LogP contribution in [0.25, 0.3) is 0 Å². The smallest absolute Gasteiger partial charge is 0.139 e. The van der Waals surface area contributed by atoms with E-state index in [1.165, 1.54) is 19.3 Å². The van der Waals surface area contributed by atoms with Crippen LogP contribution in [0.2, 0.25) is 5.02 Å². The van der Waals surface area contributed by atoms with Gasteiger partial charge in [-0.25, -0.2) is 0 Å². The van der Waals surface area contributed by atoms with Crippen LogP contribution < -0.4 is 5.73 Å². The lowest BCUT2D eigenvalue weighted by atomic mass is 9.81. The minimum Gasteiger partial charge on any atom is -0.506 e. The molecule has 0 radical (unpaired) electrons. The number of hydrogen-bond donors (Lipinski definition) is 2. The van der Waals surface area contributed by atoms with Gasteiger partial charge in [0.05, 0.1) is 5.02 Å². The number of hydrogen-bond acceptors (Lipinski definition) is 2. The van der Waals surface area contributed by atoms with Gasteiger partial charge in [-0.05, 0) is 30.9 Å². The molecule has 0 aromatic heterocycles. The number of benzene rings is 1. The summed E-state index contributed by atoms with van der Waals surface area (Å²) in [6.45, 7) is 0. The SMILES string of the molecule is N[C@H](c1cc(Br)cc(Cl)c1O)C1CCCCC1. The topological polar surface area (TPSA) is 46.2 Å². The second-order valence-corrected chi connectivity index (χ2v) is 6.07. The van der Waals surface area contributed by atoms with Gasteiger partial charge in [-0.15, -0.1) is 0 Å². The molecule has 2 nitrogen and oxygen atoms in total. The number of halogens is 2. The molecule has 2 rings (SSSR count). The van der Waals surface area contributed by atoms with Crippen LogP contribution in [0.5, 0.6) is 5.75 Å². The molecule has 0 aliphatic heterocycles. The predicted molar refractivity (Wildman–Crippen MR) is 74.3 cm³/mol. The highest BCUT2D eigenvalue weighted by Crippen LogP contribution is 2.40. The van der Waals surface area contributed by atoms with Gasteiger partial charge in [0.15, 0.2) is 0 Å². The van der Waals surface area contributed by atoms with Crippen LogP contribution in [0, 0.1) is 5.92 Å². The van der Waals surface area contributed by atoms with Gasteiger partial charge in [0, 0.05) is 16.1 Å². The third-order valence-corrected chi connectivity index (χ3v) is 4.32. The second-order valence-electron chi connectivity index (χ2n) is 4.75. The molecule has 0 heterocycles. The van der Waals surface area contributed by atoms with Crippen LogP contribution in [0.15, 0.2) is 16.6 Å². The summed E-state index contributed by atoms with van der Waals surface area (Å²) in [5.41, 5.74) is 7.03. The molecule has 1 saturated carbocycles. The average molecular weight is 319 g/mol. The molecule has 17 heavy (non-hydrogen) atoms. The molecule has 1 aromatic rings. The van der Waals surface area contributed by atoms with Crippen LogP contribution >= 0.6 is 27.5 Å². The lowest BCUT2D eigenvalue weighted by Gasteiger charge is -2.28. The highest BCUT2D eigenvalue weighted by atomic mass is 79.9. The summed E-state index contributed by atoms with van der Waals surface area (Å²) in [7, 11) is 0. The van der Waals surface area contributed by atoms with Gasteiger partial charge in [-0.1, -0.05) is 46.8 Å². The molecule has 0 amide bonds. The molecule has 3 N–H and O–H groups in total. The van der Waals surface area contributed by atoms with Crippen LogP contribution in [0.3, 0.4) is 0 Å². The Bertz CT molecular complexity index is 405. The van der Waals surface area contributed by atoms with Crippen molar-refractivity contribution < 1.29 is 5.11 Å². The van der Waals surface area contributed by atoms with Crippen LogP contribution in [0.1, 0.15) is 43.7 Å². The fraction of sp³-hybridized carbons (Fsp3) is 0.538. The number of phenolic OH excluding ortho intramolecular Hbond substituents is 1. The number of phenols is 1. The third-order valence-electron chi connectivity index (χ3n) is 3.57. The molecule has 94 valence electrons. The molecule has 1 aromatic carbocycles. The van der Waals surface area contributed by atoms with Crippen molar-refractivity contribution in [1.29, 1.82) is 0 Å². The van der Waals surface area contributed by atoms with Crippen molar-refractivity contribution in [3.8, 4) is 5.75 Å². The maximum absolute atomic E-state index is 9.99.